The zero-order valence-corrected chi connectivity index (χ0v) is 20.9. The smallest absolute Gasteiger partial charge is 0.240 e. The average Bonchev–Trinajstić information content (AvgIpc) is 3.46. The lowest BCUT2D eigenvalue weighted by molar-refractivity contribution is -0.124. The van der Waals surface area contributed by atoms with Gasteiger partial charge in [-0.2, -0.15) is 0 Å². The van der Waals surface area contributed by atoms with E-state index in [0.717, 1.165) is 29.6 Å². The summed E-state index contributed by atoms with van der Waals surface area (Å²) in [6.07, 6.45) is 1.74. The summed E-state index contributed by atoms with van der Waals surface area (Å²) >= 11 is 0. The van der Waals surface area contributed by atoms with E-state index < -0.39 is 11.2 Å². The molecule has 7 nitrogen and oxygen atoms in total. The number of nitrogens with one attached hydrogen (secondary N) is 1. The summed E-state index contributed by atoms with van der Waals surface area (Å²) in [5.74, 6) is 0.381. The molecule has 0 aliphatic carbocycles. The van der Waals surface area contributed by atoms with Crippen LogP contribution in [0.5, 0.6) is 0 Å². The van der Waals surface area contributed by atoms with Gasteiger partial charge in [-0.3, -0.25) is 4.79 Å². The van der Waals surface area contributed by atoms with Gasteiger partial charge in [-0.05, 0) is 64.2 Å². The van der Waals surface area contributed by atoms with Crippen LogP contribution < -0.4 is 10.2 Å². The fraction of sp³-hybridized carbons (Fsp3) is 0.321. The van der Waals surface area contributed by atoms with Gasteiger partial charge in [-0.15, -0.1) is 0 Å². The average molecular weight is 504 g/mol. The van der Waals surface area contributed by atoms with Gasteiger partial charge in [-0.1, -0.05) is 12.1 Å². The number of nitrogens with zero attached hydrogens (tertiary/aromatic N) is 4. The topological polar surface area (TPSA) is 74.5 Å². The molecule has 0 saturated carbocycles. The minimum atomic E-state index is -0.825. The molecule has 4 aromatic rings. The summed E-state index contributed by atoms with van der Waals surface area (Å²) in [5, 5.41) is 3.92. The van der Waals surface area contributed by atoms with Crippen molar-refractivity contribution < 1.29 is 18.0 Å². The molecular formula is C28H27F2N5O2. The highest BCUT2D eigenvalue weighted by molar-refractivity contribution is 6.03. The number of amides is 1. The molecule has 2 aromatic carbocycles. The van der Waals surface area contributed by atoms with E-state index in [9.17, 15) is 13.6 Å². The molecule has 37 heavy (non-hydrogen) atoms. The van der Waals surface area contributed by atoms with Crippen LogP contribution in [0.15, 0.2) is 53.1 Å². The van der Waals surface area contributed by atoms with Gasteiger partial charge in [0.05, 0.1) is 23.7 Å². The highest BCUT2D eigenvalue weighted by atomic mass is 19.1. The van der Waals surface area contributed by atoms with Crippen LogP contribution in [0.1, 0.15) is 42.0 Å². The van der Waals surface area contributed by atoms with Crippen LogP contribution >= 0.6 is 0 Å². The van der Waals surface area contributed by atoms with E-state index in [-0.39, 0.29) is 24.3 Å². The number of para-hydroxylation sites is 1. The van der Waals surface area contributed by atoms with Gasteiger partial charge in [0.25, 0.3) is 0 Å². The van der Waals surface area contributed by atoms with E-state index in [0.29, 0.717) is 41.3 Å². The van der Waals surface area contributed by atoms with Crippen LogP contribution in [0.25, 0.3) is 11.0 Å². The Kier molecular flexibility index (Phi) is 5.49. The van der Waals surface area contributed by atoms with E-state index in [4.69, 9.17) is 14.4 Å². The molecule has 2 atom stereocenters. The SMILES string of the molecule is Cc1nc(N[C@H](C)c2cccc3c(F)coc23)c2c(n1)C1(CCN(C)C1)C(=O)N(c1ccc(F)cc1)C2. The van der Waals surface area contributed by atoms with Gasteiger partial charge in [0.2, 0.25) is 5.91 Å². The van der Waals surface area contributed by atoms with Gasteiger partial charge in [-0.25, -0.2) is 18.7 Å². The second-order valence-corrected chi connectivity index (χ2v) is 10.1. The summed E-state index contributed by atoms with van der Waals surface area (Å²) < 4.78 is 33.4. The zero-order valence-electron chi connectivity index (χ0n) is 20.9. The first kappa shape index (κ1) is 23.5. The van der Waals surface area contributed by atoms with Crippen LogP contribution in [0.2, 0.25) is 0 Å². The molecule has 2 aliphatic rings. The molecule has 1 N–H and O–H groups in total. The Morgan fingerprint density at radius 3 is 2.65 bits per heavy atom. The molecule has 9 heteroatoms. The molecule has 4 heterocycles. The number of carbonyl (C=O) groups is 1. The zero-order chi connectivity index (χ0) is 25.9. The second kappa shape index (κ2) is 8.62. The largest absolute Gasteiger partial charge is 0.461 e. The van der Waals surface area contributed by atoms with Crippen LogP contribution in [0.4, 0.5) is 20.3 Å². The molecule has 2 aromatic heterocycles. The summed E-state index contributed by atoms with van der Waals surface area (Å²) in [5.41, 5.74) is 2.65. The fourth-order valence-corrected chi connectivity index (χ4v) is 5.72. The van der Waals surface area contributed by atoms with Gasteiger partial charge in [0.1, 0.15) is 34.7 Å². The number of fused-ring (bicyclic) bond motifs is 3. The van der Waals surface area contributed by atoms with E-state index >= 15 is 0 Å². The summed E-state index contributed by atoms with van der Waals surface area (Å²) in [6, 6.07) is 11.1. The van der Waals surface area contributed by atoms with Gasteiger partial charge >= 0.3 is 0 Å². The Hall–Kier alpha value is -3.85. The molecule has 0 radical (unpaired) electrons. The third kappa shape index (κ3) is 3.76. The van der Waals surface area contributed by atoms with E-state index in [1.807, 2.05) is 27.0 Å². The van der Waals surface area contributed by atoms with Crippen molar-refractivity contribution in [2.24, 2.45) is 0 Å². The number of likely N-dealkylation sites (tertiary alicyclic amines) is 1. The molecule has 190 valence electrons. The Labute approximate surface area is 213 Å². The fourth-order valence-electron chi connectivity index (χ4n) is 5.72. The number of hydrogen-bond donors (Lipinski definition) is 1. The molecule has 2 aliphatic heterocycles. The molecule has 1 unspecified atom stereocenters. The normalized spacial score (nSPS) is 20.6. The Morgan fingerprint density at radius 2 is 1.92 bits per heavy atom. The number of aryl methyl sites for hydroxylation is 1. The number of rotatable bonds is 4. The minimum Gasteiger partial charge on any atom is -0.461 e. The number of furan rings is 1. The molecule has 6 rings (SSSR count). The number of hydrogen-bond acceptors (Lipinski definition) is 6. The standard InChI is InChI=1S/C28H27F2N5O2/c1-16(20-5-4-6-21-23(30)14-37-24(20)21)31-26-22-13-35(19-9-7-18(29)8-10-19)27(36)28(11-12-34(3)15-28)25(22)32-17(2)33-26/h4-10,14,16H,11-13,15H2,1-3H3,(H,31,32,33)/t16-,28?/m1/s1. The molecule has 1 amide bonds. The van der Waals surface area contributed by atoms with Crippen molar-refractivity contribution >= 4 is 28.4 Å². The van der Waals surface area contributed by atoms with Gasteiger partial charge in [0.15, 0.2) is 5.82 Å². The monoisotopic (exact) mass is 503 g/mol. The predicted octanol–water partition coefficient (Wildman–Crippen LogP) is 5.10. The quantitative estimate of drug-likeness (QED) is 0.418. The van der Waals surface area contributed by atoms with Crippen molar-refractivity contribution in [3.63, 3.8) is 0 Å². The lowest BCUT2D eigenvalue weighted by atomic mass is 9.76. The first-order valence-corrected chi connectivity index (χ1v) is 12.3. The number of anilines is 2. The van der Waals surface area contributed by atoms with Gasteiger partial charge < -0.3 is 19.5 Å². The lowest BCUT2D eigenvalue weighted by Crippen LogP contribution is -2.53. The maximum atomic E-state index is 14.2. The van der Waals surface area contributed by atoms with Crippen molar-refractivity contribution in [2.75, 3.05) is 30.4 Å². The van der Waals surface area contributed by atoms with Crippen molar-refractivity contribution in [2.45, 2.75) is 38.3 Å². The maximum Gasteiger partial charge on any atom is 0.240 e. The van der Waals surface area contributed by atoms with Crippen LogP contribution in [-0.2, 0) is 16.8 Å². The minimum absolute atomic E-state index is 0.0381. The molecule has 1 saturated heterocycles. The molecule has 1 fully saturated rings. The highest BCUT2D eigenvalue weighted by Crippen LogP contribution is 2.44. The number of aromatic nitrogens is 2. The molecule has 1 spiro atoms. The van der Waals surface area contributed by atoms with E-state index in [1.54, 1.807) is 29.2 Å². The van der Waals surface area contributed by atoms with E-state index in [2.05, 4.69) is 10.2 Å². The maximum absolute atomic E-state index is 14.2. The van der Waals surface area contributed by atoms with E-state index in [1.165, 1.54) is 12.1 Å². The van der Waals surface area contributed by atoms with Gasteiger partial charge in [0, 0.05) is 23.4 Å². The Bertz CT molecular complexity index is 1520. The van der Waals surface area contributed by atoms with Crippen LogP contribution in [-0.4, -0.2) is 40.9 Å². The number of carbonyl (C=O) groups excluding carboxylic acids is 1. The number of benzene rings is 2. The first-order valence-electron chi connectivity index (χ1n) is 12.3. The predicted molar refractivity (Wildman–Crippen MR) is 136 cm³/mol. The summed E-state index contributed by atoms with van der Waals surface area (Å²) in [7, 11) is 2.00. The van der Waals surface area contributed by atoms with Crippen molar-refractivity contribution in [1.82, 2.24) is 14.9 Å². The van der Waals surface area contributed by atoms with Crippen molar-refractivity contribution in [1.29, 1.82) is 0 Å². The Balaban J connectivity index is 1.46. The Morgan fingerprint density at radius 1 is 1.14 bits per heavy atom. The van der Waals surface area contributed by atoms with Crippen LogP contribution in [0, 0.1) is 18.6 Å². The van der Waals surface area contributed by atoms with Crippen molar-refractivity contribution in [3.8, 4) is 0 Å². The highest BCUT2D eigenvalue weighted by Gasteiger charge is 2.53. The first-order chi connectivity index (χ1) is 17.8. The molecule has 0 bridgehead atoms. The second-order valence-electron chi connectivity index (χ2n) is 10.1. The molecular weight excluding hydrogens is 476 g/mol. The van der Waals surface area contributed by atoms with Crippen molar-refractivity contribution in [3.05, 3.63) is 83.0 Å². The lowest BCUT2D eigenvalue weighted by Gasteiger charge is -2.40. The summed E-state index contributed by atoms with van der Waals surface area (Å²) in [4.78, 5) is 27.4. The van der Waals surface area contributed by atoms with Crippen LogP contribution in [0.3, 0.4) is 0 Å². The third-order valence-corrected chi connectivity index (χ3v) is 7.54. The summed E-state index contributed by atoms with van der Waals surface area (Å²) in [6.45, 7) is 5.33. The third-order valence-electron chi connectivity index (χ3n) is 7.54. The number of halogens is 2. The number of likely N-dealkylation sites (N-methyl/N-ethyl adjacent to an activating group) is 1.